The van der Waals surface area contributed by atoms with Crippen molar-refractivity contribution in [2.75, 3.05) is 0 Å². The summed E-state index contributed by atoms with van der Waals surface area (Å²) < 4.78 is 10.2. The van der Waals surface area contributed by atoms with Crippen LogP contribution in [0.25, 0.3) is 11.1 Å². The van der Waals surface area contributed by atoms with Crippen molar-refractivity contribution in [3.63, 3.8) is 0 Å². The van der Waals surface area contributed by atoms with E-state index in [9.17, 15) is 9.59 Å². The maximum Gasteiger partial charge on any atom is 0.417 e. The van der Waals surface area contributed by atoms with Crippen molar-refractivity contribution in [2.45, 2.75) is 0 Å². The molecule has 1 aromatic heterocycles. The minimum absolute atomic E-state index is 0.0969. The Balaban J connectivity index is 2.02. The van der Waals surface area contributed by atoms with Crippen molar-refractivity contribution in [1.82, 2.24) is 4.98 Å². The molecule has 1 heterocycles. The van der Waals surface area contributed by atoms with Gasteiger partial charge in [-0.05, 0) is 18.2 Å². The molecule has 0 bridgehead atoms. The lowest BCUT2D eigenvalue weighted by molar-refractivity contribution is 0.0735. The molecule has 1 N–H and O–H groups in total. The van der Waals surface area contributed by atoms with Gasteiger partial charge in [-0.3, -0.25) is 4.98 Å². The van der Waals surface area contributed by atoms with E-state index in [1.807, 2.05) is 0 Å². The first-order valence-corrected chi connectivity index (χ1v) is 6.11. The molecule has 3 rings (SSSR count). The second kappa shape index (κ2) is 4.86. The van der Waals surface area contributed by atoms with Gasteiger partial charge in [0.05, 0.1) is 11.1 Å². The van der Waals surface area contributed by atoms with Crippen LogP contribution in [0.4, 0.5) is 0 Å². The van der Waals surface area contributed by atoms with Crippen LogP contribution in [0.2, 0.25) is 5.02 Å². The molecule has 100 valence electrons. The van der Waals surface area contributed by atoms with Crippen molar-refractivity contribution in [2.24, 2.45) is 0 Å². The summed E-state index contributed by atoms with van der Waals surface area (Å²) in [6.45, 7) is 0. The average molecular weight is 290 g/mol. The SMILES string of the molecule is O=C(Oc1cc(Cl)cc2[nH]c(=O)oc12)c1ccccc1. The highest BCUT2D eigenvalue weighted by Crippen LogP contribution is 2.28. The van der Waals surface area contributed by atoms with Gasteiger partial charge in [-0.15, -0.1) is 0 Å². The second-order valence-corrected chi connectivity index (χ2v) is 4.49. The number of carbonyl (C=O) groups is 1. The van der Waals surface area contributed by atoms with E-state index in [0.717, 1.165) is 0 Å². The molecule has 2 aromatic carbocycles. The van der Waals surface area contributed by atoms with E-state index in [-0.39, 0.29) is 11.3 Å². The number of hydrogen-bond donors (Lipinski definition) is 1. The molecule has 0 atom stereocenters. The van der Waals surface area contributed by atoms with Crippen LogP contribution >= 0.6 is 11.6 Å². The lowest BCUT2D eigenvalue weighted by Gasteiger charge is -2.04. The third kappa shape index (κ3) is 2.31. The van der Waals surface area contributed by atoms with Gasteiger partial charge in [-0.2, -0.15) is 0 Å². The molecule has 5 nitrogen and oxygen atoms in total. The predicted octanol–water partition coefficient (Wildman–Crippen LogP) is 2.99. The van der Waals surface area contributed by atoms with Gasteiger partial charge in [0.25, 0.3) is 0 Å². The van der Waals surface area contributed by atoms with Crippen molar-refractivity contribution in [1.29, 1.82) is 0 Å². The van der Waals surface area contributed by atoms with E-state index in [1.54, 1.807) is 30.3 Å². The molecular weight excluding hydrogens is 282 g/mol. The highest BCUT2D eigenvalue weighted by molar-refractivity contribution is 6.31. The molecule has 0 spiro atoms. The summed E-state index contributed by atoms with van der Waals surface area (Å²) in [7, 11) is 0. The smallest absolute Gasteiger partial charge is 0.417 e. The molecule has 0 amide bonds. The molecule has 0 aliphatic heterocycles. The lowest BCUT2D eigenvalue weighted by Crippen LogP contribution is -2.08. The minimum Gasteiger partial charge on any atom is -0.419 e. The number of oxazole rings is 1. The highest BCUT2D eigenvalue weighted by atomic mass is 35.5. The minimum atomic E-state index is -0.640. The highest BCUT2D eigenvalue weighted by Gasteiger charge is 2.15. The molecular formula is C14H8ClNO4. The van der Waals surface area contributed by atoms with E-state index in [1.165, 1.54) is 12.1 Å². The molecule has 0 fully saturated rings. The molecule has 0 saturated heterocycles. The fourth-order valence-corrected chi connectivity index (χ4v) is 2.01. The first kappa shape index (κ1) is 12.5. The fourth-order valence-electron chi connectivity index (χ4n) is 1.80. The Hall–Kier alpha value is -2.53. The quantitative estimate of drug-likeness (QED) is 0.581. The number of ether oxygens (including phenoxy) is 1. The summed E-state index contributed by atoms with van der Waals surface area (Å²) in [5.74, 6) is -1.10. The van der Waals surface area contributed by atoms with E-state index < -0.39 is 11.7 Å². The Labute approximate surface area is 117 Å². The zero-order valence-corrected chi connectivity index (χ0v) is 10.8. The Morgan fingerprint density at radius 2 is 1.95 bits per heavy atom. The van der Waals surface area contributed by atoms with Crippen LogP contribution in [0, 0.1) is 0 Å². The van der Waals surface area contributed by atoms with Crippen molar-refractivity contribution < 1.29 is 13.9 Å². The molecule has 0 unspecified atom stereocenters. The summed E-state index contributed by atoms with van der Waals surface area (Å²) >= 11 is 5.91. The summed E-state index contributed by atoms with van der Waals surface area (Å²) in [6, 6.07) is 11.4. The maximum absolute atomic E-state index is 12.0. The normalized spacial score (nSPS) is 10.7. The van der Waals surface area contributed by atoms with Crippen LogP contribution in [0.1, 0.15) is 10.4 Å². The van der Waals surface area contributed by atoms with Gasteiger partial charge in [-0.1, -0.05) is 29.8 Å². The summed E-state index contributed by atoms with van der Waals surface area (Å²) in [4.78, 5) is 25.6. The van der Waals surface area contributed by atoms with Crippen LogP contribution < -0.4 is 10.5 Å². The van der Waals surface area contributed by atoms with E-state index in [4.69, 9.17) is 20.8 Å². The molecule has 0 aliphatic carbocycles. The van der Waals surface area contributed by atoms with Gasteiger partial charge in [0.2, 0.25) is 0 Å². The number of nitrogens with one attached hydrogen (secondary N) is 1. The number of H-pyrrole nitrogens is 1. The van der Waals surface area contributed by atoms with Gasteiger partial charge in [0.1, 0.15) is 0 Å². The summed E-state index contributed by atoms with van der Waals surface area (Å²) in [6.07, 6.45) is 0. The van der Waals surface area contributed by atoms with Crippen LogP contribution in [-0.2, 0) is 0 Å². The largest absolute Gasteiger partial charge is 0.419 e. The second-order valence-electron chi connectivity index (χ2n) is 4.05. The van der Waals surface area contributed by atoms with Crippen LogP contribution in [0.5, 0.6) is 5.75 Å². The standard InChI is InChI=1S/C14H8ClNO4/c15-9-6-10-12(20-14(18)16-10)11(7-9)19-13(17)8-4-2-1-3-5-8/h1-7H,(H,16,18). The number of carbonyl (C=O) groups excluding carboxylic acids is 1. The Morgan fingerprint density at radius 1 is 1.20 bits per heavy atom. The van der Waals surface area contributed by atoms with Crippen LogP contribution in [0.15, 0.2) is 51.7 Å². The van der Waals surface area contributed by atoms with Gasteiger partial charge in [-0.25, -0.2) is 9.59 Å². The molecule has 0 saturated carbocycles. The Bertz CT molecular complexity index is 835. The molecule has 6 heteroatoms. The number of rotatable bonds is 2. The van der Waals surface area contributed by atoms with Crippen molar-refractivity contribution >= 4 is 28.7 Å². The monoisotopic (exact) mass is 289 g/mol. The number of esters is 1. The molecule has 20 heavy (non-hydrogen) atoms. The zero-order chi connectivity index (χ0) is 14.1. The third-order valence-electron chi connectivity index (χ3n) is 2.66. The molecule has 3 aromatic rings. The molecule has 0 radical (unpaired) electrons. The lowest BCUT2D eigenvalue weighted by atomic mass is 10.2. The number of hydrogen-bond acceptors (Lipinski definition) is 4. The van der Waals surface area contributed by atoms with E-state index in [0.29, 0.717) is 16.1 Å². The van der Waals surface area contributed by atoms with Gasteiger partial charge in [0.15, 0.2) is 11.3 Å². The van der Waals surface area contributed by atoms with Gasteiger partial charge in [0, 0.05) is 11.1 Å². The summed E-state index contributed by atoms with van der Waals surface area (Å²) in [5.41, 5.74) is 0.917. The maximum atomic E-state index is 12.0. The predicted molar refractivity (Wildman–Crippen MR) is 73.2 cm³/mol. The number of aromatic nitrogens is 1. The van der Waals surface area contributed by atoms with Gasteiger partial charge < -0.3 is 9.15 Å². The van der Waals surface area contributed by atoms with Gasteiger partial charge >= 0.3 is 11.7 Å². The number of aromatic amines is 1. The topological polar surface area (TPSA) is 72.3 Å². The number of halogens is 1. The Kier molecular flexibility index (Phi) is 3.04. The number of fused-ring (bicyclic) bond motifs is 1. The van der Waals surface area contributed by atoms with Crippen LogP contribution in [-0.4, -0.2) is 11.0 Å². The third-order valence-corrected chi connectivity index (χ3v) is 2.88. The molecule has 0 aliphatic rings. The van der Waals surface area contributed by atoms with Crippen molar-refractivity contribution in [3.8, 4) is 5.75 Å². The number of benzene rings is 2. The zero-order valence-electron chi connectivity index (χ0n) is 10.1. The van der Waals surface area contributed by atoms with E-state index >= 15 is 0 Å². The van der Waals surface area contributed by atoms with E-state index in [2.05, 4.69) is 4.98 Å². The first-order chi connectivity index (χ1) is 9.63. The Morgan fingerprint density at radius 3 is 2.70 bits per heavy atom. The van der Waals surface area contributed by atoms with Crippen LogP contribution in [0.3, 0.4) is 0 Å². The first-order valence-electron chi connectivity index (χ1n) is 5.73. The summed E-state index contributed by atoms with van der Waals surface area (Å²) in [5, 5.41) is 0.324. The fraction of sp³-hybridized carbons (Fsp3) is 0. The van der Waals surface area contributed by atoms with Crippen molar-refractivity contribution in [3.05, 3.63) is 63.6 Å². The average Bonchev–Trinajstić information content (AvgIpc) is 2.80.